The summed E-state index contributed by atoms with van der Waals surface area (Å²) in [4.78, 5) is 1.56. The molecule has 2 unspecified atom stereocenters. The monoisotopic (exact) mass is 408 g/mol. The fourth-order valence-corrected chi connectivity index (χ4v) is 9.33. The number of anilines is 1. The second kappa shape index (κ2) is 6.34. The van der Waals surface area contributed by atoms with Crippen LogP contribution in [0, 0.1) is 0 Å². The summed E-state index contributed by atoms with van der Waals surface area (Å²) in [5.41, 5.74) is 9.24. The van der Waals surface area contributed by atoms with E-state index in [-0.39, 0.29) is 0 Å². The van der Waals surface area contributed by atoms with Gasteiger partial charge in [-0.15, -0.1) is 0 Å². The van der Waals surface area contributed by atoms with Crippen LogP contribution in [0.3, 0.4) is 0 Å². The summed E-state index contributed by atoms with van der Waals surface area (Å²) in [6, 6.07) is 16.7. The first-order chi connectivity index (χ1) is 13.0. The zero-order chi connectivity index (χ0) is 18.9. The topological polar surface area (TPSA) is 3.24 Å². The molecule has 0 N–H and O–H groups in total. The van der Waals surface area contributed by atoms with Crippen LogP contribution in [0.5, 0.6) is 0 Å². The van der Waals surface area contributed by atoms with Gasteiger partial charge in [0.25, 0.3) is 0 Å². The van der Waals surface area contributed by atoms with E-state index < -0.39 is 18.1 Å². The van der Waals surface area contributed by atoms with E-state index in [1.165, 1.54) is 27.6 Å². The number of allylic oxidation sites excluding steroid dienone is 2. The summed E-state index contributed by atoms with van der Waals surface area (Å²) in [5.74, 6) is 0.428. The Morgan fingerprint density at radius 1 is 1.04 bits per heavy atom. The predicted octanol–water partition coefficient (Wildman–Crippen LogP) is 7.22. The van der Waals surface area contributed by atoms with Gasteiger partial charge in [0.2, 0.25) is 0 Å². The minimum absolute atomic E-state index is 0.428. The van der Waals surface area contributed by atoms with Gasteiger partial charge in [0.1, 0.15) is 0 Å². The molecule has 0 spiro atoms. The van der Waals surface area contributed by atoms with Gasteiger partial charge in [-0.25, -0.2) is 0 Å². The molecule has 1 aliphatic carbocycles. The molecule has 1 nitrogen and oxygen atoms in total. The first kappa shape index (κ1) is 17.7. The van der Waals surface area contributed by atoms with Crippen molar-refractivity contribution in [1.29, 1.82) is 0 Å². The standard InChI is InChI=1S/C22H20NS.2CH3.Ti/c1-12-11-15-7-6-9-17(21(15)23-12)20-14(3)13(2)19-16-8-4-5-10-18(16)24-22(19)20;;;/h4-10,12,20H,11H2,1-3H3;2*1H3;/q-1;;;+1. The number of hydrogen-bond acceptors (Lipinski definition) is 2. The molecule has 2 atom stereocenters. The quantitative estimate of drug-likeness (QED) is 0.405. The first-order valence-electron chi connectivity index (χ1n) is 9.89. The molecule has 1 aromatic heterocycles. The van der Waals surface area contributed by atoms with Crippen molar-refractivity contribution in [2.24, 2.45) is 0 Å². The number of hydrogen-bond donors (Lipinski definition) is 0. The van der Waals surface area contributed by atoms with E-state index >= 15 is 0 Å². The van der Waals surface area contributed by atoms with Gasteiger partial charge in [-0.05, 0) is 0 Å². The second-order valence-corrected chi connectivity index (χ2v) is 13.1. The molecule has 2 aliphatic rings. The summed E-state index contributed by atoms with van der Waals surface area (Å²) in [5, 5.41) is 6.43. The zero-order valence-electron chi connectivity index (χ0n) is 16.8. The summed E-state index contributed by atoms with van der Waals surface area (Å²) in [6.07, 6.45) is 1.20. The molecule has 3 heteroatoms. The van der Waals surface area contributed by atoms with E-state index in [1.807, 2.05) is 11.3 Å². The predicted molar refractivity (Wildman–Crippen MR) is 116 cm³/mol. The molecule has 5 rings (SSSR count). The third-order valence-corrected chi connectivity index (χ3v) is 10.2. The van der Waals surface area contributed by atoms with Gasteiger partial charge in [0.15, 0.2) is 0 Å². The Balaban J connectivity index is 1.76. The molecule has 0 fully saturated rings. The number of fused-ring (bicyclic) bond motifs is 4. The maximum absolute atomic E-state index is 2.82. The average Bonchev–Trinajstić information content (AvgIpc) is 3.25. The van der Waals surface area contributed by atoms with Gasteiger partial charge >= 0.3 is 173 Å². The number of nitrogens with zero attached hydrogens (tertiary/aromatic N) is 1. The van der Waals surface area contributed by atoms with E-state index in [4.69, 9.17) is 0 Å². The third-order valence-electron chi connectivity index (χ3n) is 6.43. The molecule has 3 aromatic rings. The molecule has 27 heavy (non-hydrogen) atoms. The van der Waals surface area contributed by atoms with Crippen LogP contribution in [-0.4, -0.2) is 6.04 Å². The zero-order valence-corrected chi connectivity index (χ0v) is 19.1. The number of benzene rings is 2. The van der Waals surface area contributed by atoms with Crippen molar-refractivity contribution in [1.82, 2.24) is 0 Å². The summed E-state index contributed by atoms with van der Waals surface area (Å²) in [6.45, 7) is 7.10. The second-order valence-electron chi connectivity index (χ2n) is 8.30. The Morgan fingerprint density at radius 2 is 1.81 bits per heavy atom. The summed E-state index contributed by atoms with van der Waals surface area (Å²) in [7, 11) is 0. The molecule has 2 aromatic carbocycles. The van der Waals surface area contributed by atoms with E-state index in [2.05, 4.69) is 77.1 Å². The Bertz CT molecular complexity index is 1090. The van der Waals surface area contributed by atoms with Gasteiger partial charge in [-0.1, -0.05) is 0 Å². The maximum atomic E-state index is 2.82. The Kier molecular flexibility index (Phi) is 4.16. The minimum atomic E-state index is -1.21. The normalized spacial score (nSPS) is 21.1. The van der Waals surface area contributed by atoms with Crippen LogP contribution in [0.25, 0.3) is 15.7 Å². The third kappa shape index (κ3) is 2.46. The molecule has 0 amide bonds. The van der Waals surface area contributed by atoms with Crippen molar-refractivity contribution in [2.75, 3.05) is 3.38 Å². The van der Waals surface area contributed by atoms with Crippen molar-refractivity contribution in [3.05, 3.63) is 69.6 Å². The summed E-state index contributed by atoms with van der Waals surface area (Å²) >= 11 is 0.798. The van der Waals surface area contributed by atoms with Crippen molar-refractivity contribution in [3.63, 3.8) is 0 Å². The van der Waals surface area contributed by atoms with Gasteiger partial charge in [0, 0.05) is 0 Å². The molecule has 1 aliphatic heterocycles. The SMILES string of the molecule is CC1=C(C)C(c2cccc3c2[N]([Ti]([CH3])[CH3])C(C)C3)c2sc3ccccc3c21. The molecule has 0 bridgehead atoms. The van der Waals surface area contributed by atoms with Gasteiger partial charge in [0.05, 0.1) is 0 Å². The van der Waals surface area contributed by atoms with Gasteiger partial charge in [-0.3, -0.25) is 0 Å². The van der Waals surface area contributed by atoms with Crippen molar-refractivity contribution >= 4 is 32.7 Å². The van der Waals surface area contributed by atoms with Crippen molar-refractivity contribution < 1.29 is 18.1 Å². The van der Waals surface area contributed by atoms with Crippen LogP contribution in [0.2, 0.25) is 10.5 Å². The van der Waals surface area contributed by atoms with Crippen LogP contribution in [0.15, 0.2) is 48.0 Å². The van der Waals surface area contributed by atoms with Crippen LogP contribution in [0.1, 0.15) is 48.3 Å². The van der Waals surface area contributed by atoms with E-state index in [0.29, 0.717) is 12.0 Å². The fraction of sp³-hybridized carbons (Fsp3) is 0.333. The number of thiophene rings is 1. The van der Waals surface area contributed by atoms with Crippen LogP contribution >= 0.6 is 11.3 Å². The molecule has 0 saturated carbocycles. The number of para-hydroxylation sites is 1. The Labute approximate surface area is 172 Å². The van der Waals surface area contributed by atoms with Crippen LogP contribution < -0.4 is 3.38 Å². The van der Waals surface area contributed by atoms with Crippen LogP contribution in [-0.2, 0) is 24.5 Å². The molecule has 0 saturated heterocycles. The average molecular weight is 408 g/mol. The first-order valence-corrected chi connectivity index (χ1v) is 14.5. The van der Waals surface area contributed by atoms with Crippen molar-refractivity contribution in [3.8, 4) is 0 Å². The van der Waals surface area contributed by atoms with Crippen molar-refractivity contribution in [2.45, 2.75) is 49.6 Å². The number of rotatable bonds is 2. The molecular weight excluding hydrogens is 382 g/mol. The summed E-state index contributed by atoms with van der Waals surface area (Å²) < 4.78 is 4.25. The molecule has 137 valence electrons. The Morgan fingerprint density at radius 3 is 2.59 bits per heavy atom. The van der Waals surface area contributed by atoms with Gasteiger partial charge in [-0.2, -0.15) is 0 Å². The van der Waals surface area contributed by atoms with Crippen LogP contribution in [0.4, 0.5) is 5.69 Å². The Hall–Kier alpha value is -1.35. The molecule has 0 radical (unpaired) electrons. The van der Waals surface area contributed by atoms with E-state index in [9.17, 15) is 0 Å². The van der Waals surface area contributed by atoms with E-state index in [0.717, 1.165) is 0 Å². The van der Waals surface area contributed by atoms with Gasteiger partial charge < -0.3 is 0 Å². The fourth-order valence-electron chi connectivity index (χ4n) is 5.24. The van der Waals surface area contributed by atoms with E-state index in [1.54, 1.807) is 27.3 Å². The molecular formula is C24H26NSTi. The molecule has 2 heterocycles.